The summed E-state index contributed by atoms with van der Waals surface area (Å²) >= 11 is 0. The van der Waals surface area contributed by atoms with Crippen molar-refractivity contribution < 1.29 is 22.9 Å². The van der Waals surface area contributed by atoms with E-state index in [1.807, 2.05) is 30.3 Å². The molecule has 3 rings (SSSR count). The maximum atomic E-state index is 13.4. The summed E-state index contributed by atoms with van der Waals surface area (Å²) in [5.74, 6) is -0.0950. The van der Waals surface area contributed by atoms with Crippen LogP contribution < -0.4 is 10.1 Å². The van der Waals surface area contributed by atoms with Gasteiger partial charge < -0.3 is 10.1 Å². The molecule has 9 nitrogen and oxygen atoms in total. The smallest absolute Gasteiger partial charge is 0.274 e. The zero-order chi connectivity index (χ0) is 24.7. The van der Waals surface area contributed by atoms with E-state index < -0.39 is 27.4 Å². The second-order valence-electron chi connectivity index (χ2n) is 7.50. The lowest BCUT2D eigenvalue weighted by Crippen LogP contribution is -2.39. The number of hydrogen-bond donors (Lipinski definition) is 1. The number of ether oxygens (including phenoxy) is 1. The lowest BCUT2D eigenvalue weighted by molar-refractivity contribution is -0.385. The van der Waals surface area contributed by atoms with Crippen molar-refractivity contribution in [2.45, 2.75) is 18.2 Å². The zero-order valence-electron chi connectivity index (χ0n) is 18.8. The second kappa shape index (κ2) is 10.9. The van der Waals surface area contributed by atoms with E-state index in [2.05, 4.69) is 5.32 Å². The fraction of sp³-hybridized carbons (Fsp3) is 0.208. The number of benzene rings is 3. The molecule has 0 atom stereocenters. The van der Waals surface area contributed by atoms with E-state index >= 15 is 0 Å². The first kappa shape index (κ1) is 24.9. The van der Waals surface area contributed by atoms with Gasteiger partial charge in [-0.2, -0.15) is 4.31 Å². The van der Waals surface area contributed by atoms with Crippen molar-refractivity contribution in [2.24, 2.45) is 0 Å². The number of nitrogens with zero attached hydrogens (tertiary/aromatic N) is 2. The van der Waals surface area contributed by atoms with Gasteiger partial charge in [0.25, 0.3) is 5.69 Å². The fourth-order valence-corrected chi connectivity index (χ4v) is 4.78. The van der Waals surface area contributed by atoms with E-state index in [0.717, 1.165) is 9.87 Å². The predicted molar refractivity (Wildman–Crippen MR) is 128 cm³/mol. The minimum atomic E-state index is -4.01. The van der Waals surface area contributed by atoms with Gasteiger partial charge in [-0.3, -0.25) is 14.9 Å². The number of anilines is 1. The Bertz CT molecular complexity index is 1260. The molecule has 0 saturated carbocycles. The van der Waals surface area contributed by atoms with Gasteiger partial charge in [0.05, 0.1) is 34.7 Å². The minimum Gasteiger partial charge on any atom is -0.497 e. The van der Waals surface area contributed by atoms with Crippen molar-refractivity contribution in [3.8, 4) is 5.75 Å². The van der Waals surface area contributed by atoms with Crippen LogP contribution in [0.5, 0.6) is 5.75 Å². The van der Waals surface area contributed by atoms with E-state index in [1.165, 1.54) is 56.5 Å². The van der Waals surface area contributed by atoms with Crippen molar-refractivity contribution in [1.82, 2.24) is 4.31 Å². The Kier molecular flexibility index (Phi) is 7.98. The third-order valence-electron chi connectivity index (χ3n) is 5.29. The van der Waals surface area contributed by atoms with Crippen LogP contribution in [0.3, 0.4) is 0 Å². The van der Waals surface area contributed by atoms with Crippen LogP contribution in [0.25, 0.3) is 0 Å². The SMILES string of the molecule is COc1ccc(S(=O)(=O)N(CCc2ccccc2)CC(=O)Nc2cccc([N+](=O)[O-])c2C)cc1. The van der Waals surface area contributed by atoms with Gasteiger partial charge in [-0.05, 0) is 49.2 Å². The molecular weight excluding hydrogens is 458 g/mol. The molecule has 3 aromatic carbocycles. The first-order valence-corrected chi connectivity index (χ1v) is 11.9. The molecule has 34 heavy (non-hydrogen) atoms. The van der Waals surface area contributed by atoms with Crippen molar-refractivity contribution >= 4 is 27.3 Å². The zero-order valence-corrected chi connectivity index (χ0v) is 19.6. The molecule has 0 aliphatic carbocycles. The van der Waals surface area contributed by atoms with Gasteiger partial charge in [-0.15, -0.1) is 0 Å². The summed E-state index contributed by atoms with van der Waals surface area (Å²) < 4.78 is 32.9. The summed E-state index contributed by atoms with van der Waals surface area (Å²) in [6.07, 6.45) is 0.402. The Morgan fingerprint density at radius 1 is 1.03 bits per heavy atom. The van der Waals surface area contributed by atoms with Crippen LogP contribution in [-0.2, 0) is 21.2 Å². The molecule has 0 bridgehead atoms. The van der Waals surface area contributed by atoms with Gasteiger partial charge in [-0.25, -0.2) is 8.42 Å². The molecule has 0 unspecified atom stereocenters. The number of rotatable bonds is 10. The van der Waals surface area contributed by atoms with E-state index in [9.17, 15) is 23.3 Å². The molecule has 0 radical (unpaired) electrons. The Morgan fingerprint density at radius 2 is 1.71 bits per heavy atom. The Morgan fingerprint density at radius 3 is 2.32 bits per heavy atom. The molecule has 0 aliphatic heterocycles. The number of nitro benzene ring substituents is 1. The minimum absolute atomic E-state index is 0.0284. The van der Waals surface area contributed by atoms with Gasteiger partial charge in [-0.1, -0.05) is 36.4 Å². The average molecular weight is 484 g/mol. The highest BCUT2D eigenvalue weighted by Crippen LogP contribution is 2.25. The molecule has 1 amide bonds. The van der Waals surface area contributed by atoms with Crippen LogP contribution in [0.1, 0.15) is 11.1 Å². The van der Waals surface area contributed by atoms with E-state index in [1.54, 1.807) is 0 Å². The standard InChI is InChI=1S/C24H25N3O6S/c1-18-22(9-6-10-23(18)27(29)30)25-24(28)17-26(16-15-19-7-4-3-5-8-19)34(31,32)21-13-11-20(33-2)12-14-21/h3-14H,15-17H2,1-2H3,(H,25,28). The molecule has 0 aliphatic rings. The molecule has 3 aromatic rings. The van der Waals surface area contributed by atoms with Gasteiger partial charge in [0.1, 0.15) is 5.75 Å². The van der Waals surface area contributed by atoms with Crippen LogP contribution in [0.2, 0.25) is 0 Å². The normalized spacial score (nSPS) is 11.3. The summed E-state index contributed by atoms with van der Waals surface area (Å²) in [5, 5.41) is 13.8. The molecule has 0 spiro atoms. The number of nitrogens with one attached hydrogen (secondary N) is 1. The average Bonchev–Trinajstić information content (AvgIpc) is 2.83. The number of amides is 1. The highest BCUT2D eigenvalue weighted by Gasteiger charge is 2.27. The van der Waals surface area contributed by atoms with E-state index in [-0.39, 0.29) is 28.4 Å². The Hall–Kier alpha value is -3.76. The second-order valence-corrected chi connectivity index (χ2v) is 9.44. The molecular formula is C24H25N3O6S. The highest BCUT2D eigenvalue weighted by molar-refractivity contribution is 7.89. The third kappa shape index (κ3) is 5.97. The Labute approximate surface area is 198 Å². The van der Waals surface area contributed by atoms with Gasteiger partial charge >= 0.3 is 0 Å². The molecule has 10 heteroatoms. The quantitative estimate of drug-likeness (QED) is 0.346. The number of nitro groups is 1. The Balaban J connectivity index is 1.85. The number of sulfonamides is 1. The highest BCUT2D eigenvalue weighted by atomic mass is 32.2. The maximum Gasteiger partial charge on any atom is 0.274 e. The van der Waals surface area contributed by atoms with E-state index in [0.29, 0.717) is 12.2 Å². The lowest BCUT2D eigenvalue weighted by Gasteiger charge is -2.22. The van der Waals surface area contributed by atoms with Crippen molar-refractivity contribution in [2.75, 3.05) is 25.5 Å². The molecule has 0 saturated heterocycles. The summed E-state index contributed by atoms with van der Waals surface area (Å²) in [6.45, 7) is 1.14. The third-order valence-corrected chi connectivity index (χ3v) is 7.15. The van der Waals surface area contributed by atoms with Crippen molar-refractivity contribution in [3.05, 3.63) is 94.0 Å². The molecule has 0 heterocycles. The van der Waals surface area contributed by atoms with Crippen LogP contribution in [0, 0.1) is 17.0 Å². The molecule has 178 valence electrons. The van der Waals surface area contributed by atoms with Gasteiger partial charge in [0, 0.05) is 12.6 Å². The number of carbonyl (C=O) groups excluding carboxylic acids is 1. The van der Waals surface area contributed by atoms with Gasteiger partial charge in [0.2, 0.25) is 15.9 Å². The fourth-order valence-electron chi connectivity index (χ4n) is 3.39. The molecule has 1 N–H and O–H groups in total. The van der Waals surface area contributed by atoms with Crippen molar-refractivity contribution in [1.29, 1.82) is 0 Å². The summed E-state index contributed by atoms with van der Waals surface area (Å²) in [6, 6.07) is 19.6. The van der Waals surface area contributed by atoms with Crippen LogP contribution in [0.15, 0.2) is 77.7 Å². The van der Waals surface area contributed by atoms with Crippen LogP contribution in [0.4, 0.5) is 11.4 Å². The number of methoxy groups -OCH3 is 1. The molecule has 0 fully saturated rings. The first-order chi connectivity index (χ1) is 16.2. The summed E-state index contributed by atoms with van der Waals surface area (Å²) in [5.41, 5.74) is 1.33. The number of hydrogen-bond acceptors (Lipinski definition) is 6. The lowest BCUT2D eigenvalue weighted by atomic mass is 10.1. The predicted octanol–water partition coefficient (Wildman–Crippen LogP) is 3.78. The van der Waals surface area contributed by atoms with E-state index in [4.69, 9.17) is 4.74 Å². The van der Waals surface area contributed by atoms with Gasteiger partial charge in [0.15, 0.2) is 0 Å². The summed E-state index contributed by atoms with van der Waals surface area (Å²) in [4.78, 5) is 23.5. The topological polar surface area (TPSA) is 119 Å². The monoisotopic (exact) mass is 483 g/mol. The van der Waals surface area contributed by atoms with Crippen LogP contribution in [-0.4, -0.2) is 43.8 Å². The van der Waals surface area contributed by atoms with Crippen LogP contribution >= 0.6 is 0 Å². The summed E-state index contributed by atoms with van der Waals surface area (Å²) in [7, 11) is -2.52. The van der Waals surface area contributed by atoms with Crippen molar-refractivity contribution in [3.63, 3.8) is 0 Å². The first-order valence-electron chi connectivity index (χ1n) is 10.4. The largest absolute Gasteiger partial charge is 0.497 e. The number of carbonyl (C=O) groups is 1. The molecule has 0 aromatic heterocycles. The maximum absolute atomic E-state index is 13.4.